The normalized spacial score (nSPS) is 14.4. The van der Waals surface area contributed by atoms with E-state index < -0.39 is 7.75 Å². The molecule has 0 fully saturated rings. The van der Waals surface area contributed by atoms with Crippen molar-refractivity contribution >= 4 is 13.7 Å². The van der Waals surface area contributed by atoms with E-state index in [4.69, 9.17) is 14.0 Å². The number of nitrogens with zero attached hydrogens (tertiary/aromatic N) is 1. The van der Waals surface area contributed by atoms with Gasteiger partial charge in [0, 0.05) is 0 Å². The maximum absolute atomic E-state index is 13.0. The monoisotopic (exact) mass is 403 g/mol. The van der Waals surface area contributed by atoms with Crippen LogP contribution in [0.15, 0.2) is 65.7 Å². The van der Waals surface area contributed by atoms with Gasteiger partial charge in [0.15, 0.2) is 0 Å². The second-order valence-electron chi connectivity index (χ2n) is 6.29. The molecule has 28 heavy (non-hydrogen) atoms. The fourth-order valence-corrected chi connectivity index (χ4v) is 3.96. The Hall–Kier alpha value is -2.14. The standard InChI is InChI=1S/C21H30N3O3P/c1-5-26-28(25,27-6-2)24-21(22-17(3)19-13-9-7-10-14-19)23-18(4)20-15-11-8-12-16-20/h7-18H,5-6H2,1-4H3,(H2,22,23,24,25)/t17-,18+. The molecule has 0 saturated carbocycles. The van der Waals surface area contributed by atoms with Crippen molar-refractivity contribution in [2.75, 3.05) is 13.2 Å². The minimum Gasteiger partial charge on any atom is -0.349 e. The van der Waals surface area contributed by atoms with Crippen LogP contribution in [0.25, 0.3) is 0 Å². The molecule has 2 N–H and O–H groups in total. The molecule has 0 aromatic heterocycles. The van der Waals surface area contributed by atoms with Gasteiger partial charge in [-0.25, -0.2) is 9.56 Å². The second-order valence-corrected chi connectivity index (χ2v) is 8.02. The first-order valence-electron chi connectivity index (χ1n) is 9.59. The molecule has 0 amide bonds. The largest absolute Gasteiger partial charge is 0.434 e. The van der Waals surface area contributed by atoms with E-state index in [0.717, 1.165) is 11.1 Å². The number of hydrogen-bond acceptors (Lipinski definition) is 4. The fraction of sp³-hybridized carbons (Fsp3) is 0.381. The Bertz CT molecular complexity index is 774. The number of benzene rings is 2. The number of aliphatic imine (C=N–C) groups is 1. The topological polar surface area (TPSA) is 72.0 Å². The molecular formula is C21H30N3O3P. The highest BCUT2D eigenvalue weighted by molar-refractivity contribution is 7.52. The van der Waals surface area contributed by atoms with Crippen LogP contribution in [0.3, 0.4) is 0 Å². The van der Waals surface area contributed by atoms with E-state index in [0.29, 0.717) is 5.96 Å². The third-order valence-corrected chi connectivity index (χ3v) is 5.78. The zero-order valence-corrected chi connectivity index (χ0v) is 17.9. The van der Waals surface area contributed by atoms with Crippen LogP contribution in [0.5, 0.6) is 0 Å². The summed E-state index contributed by atoms with van der Waals surface area (Å²) in [7, 11) is -3.51. The lowest BCUT2D eigenvalue weighted by Crippen LogP contribution is -2.38. The lowest BCUT2D eigenvalue weighted by molar-refractivity contribution is 0.215. The van der Waals surface area contributed by atoms with Crippen LogP contribution >= 0.6 is 7.75 Å². The predicted molar refractivity (Wildman–Crippen MR) is 114 cm³/mol. The molecule has 2 rings (SSSR count). The van der Waals surface area contributed by atoms with Crippen LogP contribution in [0, 0.1) is 0 Å². The van der Waals surface area contributed by atoms with Crippen molar-refractivity contribution in [1.29, 1.82) is 0 Å². The van der Waals surface area contributed by atoms with Gasteiger partial charge in [0.25, 0.3) is 0 Å². The van der Waals surface area contributed by atoms with E-state index >= 15 is 0 Å². The third kappa shape index (κ3) is 6.79. The SMILES string of the molecule is CCOP(=O)(NC(=N[C@@H](C)c1ccccc1)N[C@H](C)c1ccccc1)OCC. The molecular weight excluding hydrogens is 373 g/mol. The summed E-state index contributed by atoms with van der Waals surface area (Å²) in [4.78, 5) is 4.72. The van der Waals surface area contributed by atoms with E-state index in [1.807, 2.05) is 74.5 Å². The Kier molecular flexibility index (Phi) is 8.71. The number of hydrogen-bond donors (Lipinski definition) is 2. The van der Waals surface area contributed by atoms with Crippen LogP contribution in [0.1, 0.15) is 50.9 Å². The quantitative estimate of drug-likeness (QED) is 0.341. The molecule has 0 aliphatic rings. The Morgan fingerprint density at radius 1 is 0.929 bits per heavy atom. The zero-order chi connectivity index (χ0) is 20.4. The van der Waals surface area contributed by atoms with Gasteiger partial charge in [-0.15, -0.1) is 0 Å². The summed E-state index contributed by atoms with van der Waals surface area (Å²) in [5.74, 6) is 0.373. The molecule has 0 aliphatic carbocycles. The van der Waals surface area contributed by atoms with E-state index in [-0.39, 0.29) is 25.3 Å². The van der Waals surface area contributed by atoms with Crippen LogP contribution in [-0.2, 0) is 13.6 Å². The molecule has 0 aliphatic heterocycles. The molecule has 2 atom stereocenters. The van der Waals surface area contributed by atoms with Crippen LogP contribution < -0.4 is 10.4 Å². The molecule has 0 bridgehead atoms. The van der Waals surface area contributed by atoms with Crippen molar-refractivity contribution in [3.63, 3.8) is 0 Å². The molecule has 0 unspecified atom stereocenters. The van der Waals surface area contributed by atoms with Crippen molar-refractivity contribution in [2.24, 2.45) is 4.99 Å². The summed E-state index contributed by atoms with van der Waals surface area (Å²) < 4.78 is 23.7. The summed E-state index contributed by atoms with van der Waals surface area (Å²) in [5.41, 5.74) is 2.14. The number of rotatable bonds is 9. The van der Waals surface area contributed by atoms with Crippen molar-refractivity contribution in [2.45, 2.75) is 39.8 Å². The minimum absolute atomic E-state index is 0.0490. The number of nitrogens with one attached hydrogen (secondary N) is 2. The smallest absolute Gasteiger partial charge is 0.349 e. The van der Waals surface area contributed by atoms with Gasteiger partial charge in [0.1, 0.15) is 0 Å². The fourth-order valence-electron chi connectivity index (χ4n) is 2.70. The van der Waals surface area contributed by atoms with Gasteiger partial charge >= 0.3 is 7.75 Å². The summed E-state index contributed by atoms with van der Waals surface area (Å²) >= 11 is 0. The first-order valence-corrected chi connectivity index (χ1v) is 11.1. The Balaban J connectivity index is 2.28. The number of guanidine groups is 1. The summed E-state index contributed by atoms with van der Waals surface area (Å²) in [5, 5.41) is 6.20. The predicted octanol–water partition coefficient (Wildman–Crippen LogP) is 5.23. The van der Waals surface area contributed by atoms with Crippen LogP contribution in [0.2, 0.25) is 0 Å². The van der Waals surface area contributed by atoms with Crippen LogP contribution in [0.4, 0.5) is 0 Å². The van der Waals surface area contributed by atoms with Gasteiger partial charge in [0.05, 0.1) is 25.3 Å². The highest BCUT2D eigenvalue weighted by Gasteiger charge is 2.26. The molecule has 2 aromatic rings. The minimum atomic E-state index is -3.51. The maximum atomic E-state index is 13.0. The highest BCUT2D eigenvalue weighted by atomic mass is 31.2. The van der Waals surface area contributed by atoms with Gasteiger partial charge in [-0.2, -0.15) is 0 Å². The molecule has 0 heterocycles. The van der Waals surface area contributed by atoms with Gasteiger partial charge < -0.3 is 5.32 Å². The molecule has 7 heteroatoms. The van der Waals surface area contributed by atoms with Gasteiger partial charge in [-0.1, -0.05) is 60.7 Å². The Morgan fingerprint density at radius 2 is 1.43 bits per heavy atom. The van der Waals surface area contributed by atoms with Gasteiger partial charge in [-0.3, -0.25) is 14.1 Å². The summed E-state index contributed by atoms with van der Waals surface area (Å²) in [6.45, 7) is 8.08. The summed E-state index contributed by atoms with van der Waals surface area (Å²) in [6.07, 6.45) is 0. The van der Waals surface area contributed by atoms with E-state index in [2.05, 4.69) is 10.4 Å². The van der Waals surface area contributed by atoms with Crippen molar-refractivity contribution in [3.8, 4) is 0 Å². The van der Waals surface area contributed by atoms with Crippen molar-refractivity contribution in [3.05, 3.63) is 71.8 Å². The highest BCUT2D eigenvalue weighted by Crippen LogP contribution is 2.43. The van der Waals surface area contributed by atoms with Crippen LogP contribution in [-0.4, -0.2) is 19.2 Å². The van der Waals surface area contributed by atoms with E-state index in [1.54, 1.807) is 13.8 Å². The van der Waals surface area contributed by atoms with Crippen molar-refractivity contribution < 1.29 is 13.6 Å². The first kappa shape index (κ1) is 22.2. The lowest BCUT2D eigenvalue weighted by atomic mass is 10.1. The van der Waals surface area contributed by atoms with Gasteiger partial charge in [-0.05, 0) is 38.8 Å². The van der Waals surface area contributed by atoms with Gasteiger partial charge in [0.2, 0.25) is 5.96 Å². The summed E-state index contributed by atoms with van der Waals surface area (Å²) in [6, 6.07) is 19.7. The average molecular weight is 403 g/mol. The first-order chi connectivity index (χ1) is 13.5. The Labute approximate surface area is 168 Å². The molecule has 0 spiro atoms. The Morgan fingerprint density at radius 3 is 1.93 bits per heavy atom. The van der Waals surface area contributed by atoms with E-state index in [9.17, 15) is 4.57 Å². The molecule has 6 nitrogen and oxygen atoms in total. The third-order valence-electron chi connectivity index (χ3n) is 4.10. The van der Waals surface area contributed by atoms with Crippen molar-refractivity contribution in [1.82, 2.24) is 10.4 Å². The molecule has 152 valence electrons. The molecule has 2 aromatic carbocycles. The molecule has 0 saturated heterocycles. The second kappa shape index (κ2) is 11.0. The maximum Gasteiger partial charge on any atom is 0.434 e. The van der Waals surface area contributed by atoms with E-state index in [1.165, 1.54) is 0 Å². The zero-order valence-electron chi connectivity index (χ0n) is 17.0. The lowest BCUT2D eigenvalue weighted by Gasteiger charge is -2.24. The average Bonchev–Trinajstić information content (AvgIpc) is 2.69. The molecule has 0 radical (unpaired) electrons.